The lowest BCUT2D eigenvalue weighted by atomic mass is 9.89. The minimum atomic E-state index is -0.874. The molecule has 1 aliphatic heterocycles. The van der Waals surface area contributed by atoms with E-state index < -0.39 is 11.7 Å². The molecule has 1 saturated heterocycles. The smallest absolute Gasteiger partial charge is 0.410 e. The van der Waals surface area contributed by atoms with Gasteiger partial charge < -0.3 is 19.5 Å². The predicted molar refractivity (Wildman–Crippen MR) is 135 cm³/mol. The van der Waals surface area contributed by atoms with Gasteiger partial charge in [-0.2, -0.15) is 0 Å². The molecule has 0 bridgehead atoms. The highest BCUT2D eigenvalue weighted by Crippen LogP contribution is 2.39. The molecule has 0 spiro atoms. The van der Waals surface area contributed by atoms with Gasteiger partial charge in [0.1, 0.15) is 16.1 Å². The van der Waals surface area contributed by atoms with Crippen LogP contribution in [0.4, 0.5) is 4.79 Å². The number of fused-ring (bicyclic) bond motifs is 1. The first-order chi connectivity index (χ1) is 17.2. The second-order valence-electron chi connectivity index (χ2n) is 10.7. The Balaban J connectivity index is 1.34. The van der Waals surface area contributed by atoms with Crippen LogP contribution in [0.25, 0.3) is 11.0 Å². The normalized spacial score (nSPS) is 19.4. The Hall–Kier alpha value is -2.91. The second kappa shape index (κ2) is 9.86. The quantitative estimate of drug-likeness (QED) is 0.473. The number of hydrogen-bond donors (Lipinski definition) is 1. The maximum atomic E-state index is 12.6. The van der Waals surface area contributed by atoms with E-state index in [0.717, 1.165) is 24.9 Å². The van der Waals surface area contributed by atoms with E-state index in [-0.39, 0.29) is 17.9 Å². The molecule has 1 aliphatic carbocycles. The summed E-state index contributed by atoms with van der Waals surface area (Å²) in [6.45, 7) is 7.36. The van der Waals surface area contributed by atoms with Gasteiger partial charge in [-0.25, -0.2) is 14.5 Å². The lowest BCUT2D eigenvalue weighted by Gasteiger charge is -2.36. The number of hydrogen-bond acceptors (Lipinski definition) is 7. The Morgan fingerprint density at radius 2 is 2.06 bits per heavy atom. The number of nitrogens with zero attached hydrogens (tertiary/aromatic N) is 5. The number of pyridine rings is 1. The molecule has 3 aromatic rings. The SMILES string of the molecule is CC(C)(C)OC(=O)N1CCCC(C(O)c2cccnc2Oc2ccc3c(nnn3CC3CC3)c2Cl)C1. The minimum Gasteiger partial charge on any atom is -0.444 e. The standard InChI is InChI=1S/C26H32ClN5O4/c1-26(2,3)36-25(34)31-13-5-6-17(15-31)23(33)18-7-4-12-28-24(18)35-20-11-10-19-22(21(20)27)29-30-32(19)14-16-8-9-16/h4,7,10-12,16-17,23,33H,5-6,8-9,13-15H2,1-3H3. The van der Waals surface area contributed by atoms with Crippen molar-refractivity contribution in [1.29, 1.82) is 0 Å². The Morgan fingerprint density at radius 1 is 1.25 bits per heavy atom. The van der Waals surface area contributed by atoms with Crippen LogP contribution >= 0.6 is 11.6 Å². The molecule has 36 heavy (non-hydrogen) atoms. The molecule has 2 aliphatic rings. The third-order valence-electron chi connectivity index (χ3n) is 6.60. The van der Waals surface area contributed by atoms with Crippen molar-refractivity contribution in [2.45, 2.75) is 64.7 Å². The van der Waals surface area contributed by atoms with Crippen LogP contribution in [0.2, 0.25) is 5.02 Å². The zero-order valence-electron chi connectivity index (χ0n) is 20.9. The van der Waals surface area contributed by atoms with Crippen molar-refractivity contribution >= 4 is 28.7 Å². The van der Waals surface area contributed by atoms with Gasteiger partial charge in [0.2, 0.25) is 5.88 Å². The van der Waals surface area contributed by atoms with Crippen molar-refractivity contribution in [2.75, 3.05) is 13.1 Å². The van der Waals surface area contributed by atoms with Crippen molar-refractivity contribution in [2.24, 2.45) is 11.8 Å². The lowest BCUT2D eigenvalue weighted by Crippen LogP contribution is -2.44. The van der Waals surface area contributed by atoms with E-state index in [2.05, 4.69) is 15.3 Å². The third-order valence-corrected chi connectivity index (χ3v) is 6.97. The number of aromatic nitrogens is 4. The number of likely N-dealkylation sites (tertiary alicyclic amines) is 1. The molecule has 5 rings (SSSR count). The molecular weight excluding hydrogens is 482 g/mol. The summed E-state index contributed by atoms with van der Waals surface area (Å²) in [4.78, 5) is 18.6. The van der Waals surface area contributed by atoms with Gasteiger partial charge in [0, 0.05) is 37.3 Å². The number of carbonyl (C=O) groups is 1. The van der Waals surface area contributed by atoms with E-state index in [0.29, 0.717) is 40.9 Å². The first-order valence-electron chi connectivity index (χ1n) is 12.5. The number of rotatable bonds is 6. The van der Waals surface area contributed by atoms with Crippen LogP contribution in [0.1, 0.15) is 58.1 Å². The fourth-order valence-corrected chi connectivity index (χ4v) is 4.81. The van der Waals surface area contributed by atoms with Crippen LogP contribution in [-0.2, 0) is 11.3 Å². The molecule has 1 N–H and O–H groups in total. The number of halogens is 1. The van der Waals surface area contributed by atoms with Crippen LogP contribution in [0.15, 0.2) is 30.5 Å². The first kappa shape index (κ1) is 24.8. The van der Waals surface area contributed by atoms with Gasteiger partial charge in [-0.15, -0.1) is 5.10 Å². The van der Waals surface area contributed by atoms with E-state index in [1.54, 1.807) is 29.3 Å². The van der Waals surface area contributed by atoms with E-state index in [4.69, 9.17) is 21.1 Å². The number of ether oxygens (including phenoxy) is 2. The summed E-state index contributed by atoms with van der Waals surface area (Å²) in [7, 11) is 0. The predicted octanol–water partition coefficient (Wildman–Crippen LogP) is 5.36. The molecule has 0 radical (unpaired) electrons. The number of aliphatic hydroxyl groups is 1. The van der Waals surface area contributed by atoms with Crippen LogP contribution in [0, 0.1) is 11.8 Å². The molecule has 1 amide bonds. The summed E-state index contributed by atoms with van der Waals surface area (Å²) in [6.07, 6.45) is 4.35. The molecule has 2 fully saturated rings. The van der Waals surface area contributed by atoms with Crippen molar-refractivity contribution < 1.29 is 19.4 Å². The topological polar surface area (TPSA) is 103 Å². The lowest BCUT2D eigenvalue weighted by molar-refractivity contribution is 0.00209. The average Bonchev–Trinajstić information content (AvgIpc) is 3.57. The van der Waals surface area contributed by atoms with E-state index in [9.17, 15) is 9.90 Å². The van der Waals surface area contributed by atoms with Gasteiger partial charge in [0.05, 0.1) is 11.6 Å². The summed E-state index contributed by atoms with van der Waals surface area (Å²) in [5.41, 5.74) is 1.41. The Bertz CT molecular complexity index is 1250. The number of piperidine rings is 1. The summed E-state index contributed by atoms with van der Waals surface area (Å²) in [6, 6.07) is 7.23. The van der Waals surface area contributed by atoms with Gasteiger partial charge in [-0.3, -0.25) is 0 Å². The molecule has 3 heterocycles. The largest absolute Gasteiger partial charge is 0.444 e. The fourth-order valence-electron chi connectivity index (χ4n) is 4.58. The maximum Gasteiger partial charge on any atom is 0.410 e. The molecule has 2 atom stereocenters. The third kappa shape index (κ3) is 5.42. The molecule has 10 heteroatoms. The van der Waals surface area contributed by atoms with Crippen LogP contribution in [-0.4, -0.2) is 54.8 Å². The average molecular weight is 514 g/mol. The first-order valence-corrected chi connectivity index (χ1v) is 12.9. The molecule has 192 valence electrons. The highest BCUT2D eigenvalue weighted by molar-refractivity contribution is 6.36. The fraction of sp³-hybridized carbons (Fsp3) is 0.538. The molecule has 2 unspecified atom stereocenters. The highest BCUT2D eigenvalue weighted by Gasteiger charge is 2.33. The van der Waals surface area contributed by atoms with Crippen molar-refractivity contribution in [3.8, 4) is 11.6 Å². The van der Waals surface area contributed by atoms with Crippen LogP contribution in [0.3, 0.4) is 0 Å². The molecule has 9 nitrogen and oxygen atoms in total. The van der Waals surface area contributed by atoms with Crippen molar-refractivity contribution in [3.63, 3.8) is 0 Å². The number of aliphatic hydroxyl groups excluding tert-OH is 1. The second-order valence-corrected chi connectivity index (χ2v) is 11.1. The molecule has 1 saturated carbocycles. The zero-order valence-corrected chi connectivity index (χ0v) is 21.6. The molecule has 1 aromatic carbocycles. The summed E-state index contributed by atoms with van der Waals surface area (Å²) in [5, 5.41) is 20.2. The Morgan fingerprint density at radius 3 is 2.81 bits per heavy atom. The molecule has 2 aromatic heterocycles. The summed E-state index contributed by atoms with van der Waals surface area (Å²) < 4.78 is 13.5. The Kier molecular flexibility index (Phi) is 6.78. The number of carbonyl (C=O) groups excluding carboxylic acids is 1. The number of amides is 1. The highest BCUT2D eigenvalue weighted by atomic mass is 35.5. The van der Waals surface area contributed by atoms with Gasteiger partial charge in [0.25, 0.3) is 0 Å². The summed E-state index contributed by atoms with van der Waals surface area (Å²) >= 11 is 6.66. The monoisotopic (exact) mass is 513 g/mol. The number of benzene rings is 1. The van der Waals surface area contributed by atoms with Crippen molar-refractivity contribution in [3.05, 3.63) is 41.0 Å². The van der Waals surface area contributed by atoms with Gasteiger partial charge in [-0.1, -0.05) is 16.8 Å². The van der Waals surface area contributed by atoms with E-state index in [1.807, 2.05) is 31.5 Å². The van der Waals surface area contributed by atoms with Gasteiger partial charge in [-0.05, 0) is 76.6 Å². The van der Waals surface area contributed by atoms with Crippen molar-refractivity contribution in [1.82, 2.24) is 24.9 Å². The van der Waals surface area contributed by atoms with Gasteiger partial charge >= 0.3 is 6.09 Å². The van der Waals surface area contributed by atoms with Crippen LogP contribution in [0.5, 0.6) is 11.6 Å². The van der Waals surface area contributed by atoms with Gasteiger partial charge in [0.15, 0.2) is 5.75 Å². The van der Waals surface area contributed by atoms with E-state index >= 15 is 0 Å². The minimum absolute atomic E-state index is 0.182. The van der Waals surface area contributed by atoms with E-state index in [1.165, 1.54) is 12.8 Å². The molecular formula is C26H32ClN5O4. The maximum absolute atomic E-state index is 12.6. The summed E-state index contributed by atoms with van der Waals surface area (Å²) in [5.74, 6) is 1.14. The zero-order chi connectivity index (χ0) is 25.4. The van der Waals surface area contributed by atoms with Crippen LogP contribution < -0.4 is 4.74 Å². The Labute approximate surface area is 215 Å².